The van der Waals surface area contributed by atoms with Gasteiger partial charge in [0, 0.05) is 24.6 Å². The summed E-state index contributed by atoms with van der Waals surface area (Å²) in [7, 11) is 2.78. The quantitative estimate of drug-likeness (QED) is 0.230. The van der Waals surface area contributed by atoms with Crippen molar-refractivity contribution in [2.75, 3.05) is 14.2 Å². The topological polar surface area (TPSA) is 117 Å². The van der Waals surface area contributed by atoms with Gasteiger partial charge in [0.25, 0.3) is 11.8 Å². The van der Waals surface area contributed by atoms with E-state index in [4.69, 9.17) is 9.15 Å². The van der Waals surface area contributed by atoms with Crippen molar-refractivity contribution in [3.63, 3.8) is 0 Å². The first-order valence-electron chi connectivity index (χ1n) is 13.4. The number of carbonyl (C=O) groups excluding carboxylic acids is 2. The number of nitriles is 1. The van der Waals surface area contributed by atoms with Gasteiger partial charge >= 0.3 is 6.18 Å². The number of methoxy groups -OCH3 is 1. The molecule has 0 aliphatic heterocycles. The zero-order valence-electron chi connectivity index (χ0n) is 23.2. The van der Waals surface area contributed by atoms with E-state index in [1.165, 1.54) is 56.6 Å². The number of alkyl halides is 3. The monoisotopic (exact) mass is 594 g/mol. The highest BCUT2D eigenvalue weighted by atomic mass is 19.4. The Labute approximate surface area is 243 Å². The second kappa shape index (κ2) is 11.4. The first-order valence-corrected chi connectivity index (χ1v) is 13.4. The molecule has 43 heavy (non-hydrogen) atoms. The van der Waals surface area contributed by atoms with E-state index < -0.39 is 42.2 Å². The summed E-state index contributed by atoms with van der Waals surface area (Å²) in [4.78, 5) is 30.8. The molecule has 5 rings (SSSR count). The average molecular weight is 595 g/mol. The normalized spacial score (nSPS) is 14.1. The molecule has 0 bridgehead atoms. The van der Waals surface area contributed by atoms with Gasteiger partial charge in [-0.05, 0) is 73.7 Å². The van der Waals surface area contributed by atoms with Crippen molar-refractivity contribution in [1.82, 2.24) is 15.6 Å². The molecule has 2 aromatic heterocycles. The molecule has 0 saturated heterocycles. The van der Waals surface area contributed by atoms with Crippen molar-refractivity contribution in [3.8, 4) is 34.3 Å². The standard InChI is InChI=1S/C31H26F4N4O4/c1-37-28(41)25-22-15-20(18-6-9-24(42-2)21(14-18)27(40)39-30(16-36)11-3-12-30)23(10-13-31(33,34)35)38-29(22)43-26(25)17-4-7-19(32)8-5-17/h4-9,14-15H,3,10-13H2,1-2H3,(H,37,41)(H,39,40). The highest BCUT2D eigenvalue weighted by Gasteiger charge is 2.39. The zero-order chi connectivity index (χ0) is 30.9. The number of nitrogens with zero attached hydrogens (tertiary/aromatic N) is 2. The minimum Gasteiger partial charge on any atom is -0.496 e. The molecule has 12 heteroatoms. The summed E-state index contributed by atoms with van der Waals surface area (Å²) in [5.41, 5.74) is 0.0343. The van der Waals surface area contributed by atoms with Gasteiger partial charge in [0.05, 0.1) is 35.4 Å². The maximum absolute atomic E-state index is 13.6. The molecule has 0 radical (unpaired) electrons. The molecule has 2 heterocycles. The number of aromatic nitrogens is 1. The number of pyridine rings is 1. The van der Waals surface area contributed by atoms with Gasteiger partial charge in [-0.15, -0.1) is 0 Å². The minimum absolute atomic E-state index is 0.0247. The molecule has 4 aromatic rings. The number of rotatable bonds is 8. The maximum Gasteiger partial charge on any atom is 0.389 e. The van der Waals surface area contributed by atoms with Gasteiger partial charge in [-0.3, -0.25) is 9.59 Å². The van der Waals surface area contributed by atoms with Crippen LogP contribution in [0.1, 0.15) is 52.1 Å². The Morgan fingerprint density at radius 3 is 2.37 bits per heavy atom. The first-order chi connectivity index (χ1) is 20.5. The Hall–Kier alpha value is -4.92. The summed E-state index contributed by atoms with van der Waals surface area (Å²) in [6.07, 6.45) is -4.39. The molecule has 2 N–H and O–H groups in total. The molecular formula is C31H26F4N4O4. The van der Waals surface area contributed by atoms with Gasteiger partial charge in [-0.1, -0.05) is 6.07 Å². The van der Waals surface area contributed by atoms with E-state index in [2.05, 4.69) is 21.7 Å². The fourth-order valence-corrected chi connectivity index (χ4v) is 5.05. The molecule has 222 valence electrons. The number of halogens is 4. The van der Waals surface area contributed by atoms with Crippen LogP contribution in [0, 0.1) is 17.1 Å². The van der Waals surface area contributed by atoms with E-state index in [-0.39, 0.29) is 45.0 Å². The van der Waals surface area contributed by atoms with Crippen LogP contribution in [0.3, 0.4) is 0 Å². The average Bonchev–Trinajstić information content (AvgIpc) is 3.34. The van der Waals surface area contributed by atoms with Gasteiger partial charge in [0.1, 0.15) is 22.9 Å². The third-order valence-electron chi connectivity index (χ3n) is 7.50. The van der Waals surface area contributed by atoms with Crippen LogP contribution in [0.4, 0.5) is 17.6 Å². The number of aryl methyl sites for hydroxylation is 1. The van der Waals surface area contributed by atoms with Crippen LogP contribution in [0.25, 0.3) is 33.6 Å². The van der Waals surface area contributed by atoms with E-state index in [0.717, 1.165) is 6.42 Å². The summed E-state index contributed by atoms with van der Waals surface area (Å²) in [6, 6.07) is 13.4. The number of furan rings is 1. The van der Waals surface area contributed by atoms with Crippen molar-refractivity contribution >= 4 is 22.9 Å². The largest absolute Gasteiger partial charge is 0.496 e. The van der Waals surface area contributed by atoms with E-state index in [9.17, 15) is 32.4 Å². The van der Waals surface area contributed by atoms with Crippen LogP contribution in [0.15, 0.2) is 52.9 Å². The molecule has 1 fully saturated rings. The molecule has 1 saturated carbocycles. The molecule has 8 nitrogen and oxygen atoms in total. The molecule has 2 amide bonds. The van der Waals surface area contributed by atoms with Crippen LogP contribution in [-0.2, 0) is 6.42 Å². The van der Waals surface area contributed by atoms with Crippen LogP contribution in [0.2, 0.25) is 0 Å². The number of carbonyl (C=O) groups is 2. The lowest BCUT2D eigenvalue weighted by molar-refractivity contribution is -0.134. The summed E-state index contributed by atoms with van der Waals surface area (Å²) >= 11 is 0. The van der Waals surface area contributed by atoms with E-state index in [0.29, 0.717) is 24.0 Å². The zero-order valence-corrected chi connectivity index (χ0v) is 23.2. The highest BCUT2D eigenvalue weighted by molar-refractivity contribution is 6.11. The maximum atomic E-state index is 13.6. The van der Waals surface area contributed by atoms with Crippen molar-refractivity contribution < 1.29 is 36.3 Å². The lowest BCUT2D eigenvalue weighted by atomic mass is 9.78. The van der Waals surface area contributed by atoms with Crippen LogP contribution in [-0.4, -0.2) is 42.7 Å². The summed E-state index contributed by atoms with van der Waals surface area (Å²) < 4.78 is 64.9. The molecule has 2 aromatic carbocycles. The van der Waals surface area contributed by atoms with Gasteiger partial charge < -0.3 is 19.8 Å². The lowest BCUT2D eigenvalue weighted by Crippen LogP contribution is -2.52. The van der Waals surface area contributed by atoms with Crippen molar-refractivity contribution in [1.29, 1.82) is 5.26 Å². The number of amides is 2. The number of hydrogen-bond acceptors (Lipinski definition) is 6. The summed E-state index contributed by atoms with van der Waals surface area (Å²) in [6.45, 7) is 0. The Kier molecular flexibility index (Phi) is 7.84. The molecule has 1 aliphatic carbocycles. The van der Waals surface area contributed by atoms with Gasteiger partial charge in [0.2, 0.25) is 5.71 Å². The van der Waals surface area contributed by atoms with Gasteiger partial charge in [-0.2, -0.15) is 18.4 Å². The number of fused-ring (bicyclic) bond motifs is 1. The molecule has 1 aliphatic rings. The Morgan fingerprint density at radius 1 is 1.09 bits per heavy atom. The predicted molar refractivity (Wildman–Crippen MR) is 149 cm³/mol. The fraction of sp³-hybridized carbons (Fsp3) is 0.290. The number of ether oxygens (including phenoxy) is 1. The molecule has 0 unspecified atom stereocenters. The summed E-state index contributed by atoms with van der Waals surface area (Å²) in [5, 5.41) is 15.1. The third kappa shape index (κ3) is 5.88. The van der Waals surface area contributed by atoms with Crippen LogP contribution < -0.4 is 15.4 Å². The van der Waals surface area contributed by atoms with Gasteiger partial charge in [-0.25, -0.2) is 9.37 Å². The SMILES string of the molecule is CNC(=O)c1c(-c2ccc(F)cc2)oc2nc(CCC(F)(F)F)c(-c3ccc(OC)c(C(=O)NC4(C#N)CCC4)c3)cc12. The van der Waals surface area contributed by atoms with E-state index >= 15 is 0 Å². The van der Waals surface area contributed by atoms with Gasteiger partial charge in [0.15, 0.2) is 0 Å². The predicted octanol–water partition coefficient (Wildman–Crippen LogP) is 6.34. The number of hydrogen-bond donors (Lipinski definition) is 2. The Morgan fingerprint density at radius 2 is 1.79 bits per heavy atom. The second-order valence-electron chi connectivity index (χ2n) is 10.3. The first kappa shape index (κ1) is 29.6. The minimum atomic E-state index is -4.48. The molecule has 0 spiro atoms. The smallest absolute Gasteiger partial charge is 0.389 e. The van der Waals surface area contributed by atoms with Crippen LogP contribution >= 0.6 is 0 Å². The molecular weight excluding hydrogens is 568 g/mol. The highest BCUT2D eigenvalue weighted by Crippen LogP contribution is 2.39. The lowest BCUT2D eigenvalue weighted by Gasteiger charge is -2.35. The van der Waals surface area contributed by atoms with Crippen molar-refractivity contribution in [2.45, 2.75) is 43.8 Å². The second-order valence-corrected chi connectivity index (χ2v) is 10.3. The Balaban J connectivity index is 1.70. The Bertz CT molecular complexity index is 1750. The summed E-state index contributed by atoms with van der Waals surface area (Å²) in [5.74, 6) is -1.36. The number of nitrogens with one attached hydrogen (secondary N) is 2. The third-order valence-corrected chi connectivity index (χ3v) is 7.50. The van der Waals surface area contributed by atoms with Crippen molar-refractivity contribution in [3.05, 3.63) is 71.2 Å². The fourth-order valence-electron chi connectivity index (χ4n) is 5.05. The van der Waals surface area contributed by atoms with Crippen LogP contribution in [0.5, 0.6) is 5.75 Å². The van der Waals surface area contributed by atoms with Crippen molar-refractivity contribution in [2.24, 2.45) is 0 Å². The van der Waals surface area contributed by atoms with E-state index in [1.807, 2.05) is 0 Å². The molecule has 0 atom stereocenters. The number of benzene rings is 2. The van der Waals surface area contributed by atoms with E-state index in [1.54, 1.807) is 6.07 Å².